The van der Waals surface area contributed by atoms with Gasteiger partial charge in [0.25, 0.3) is 0 Å². The van der Waals surface area contributed by atoms with Gasteiger partial charge in [-0.05, 0) is 35.6 Å². The minimum absolute atomic E-state index is 0. The summed E-state index contributed by atoms with van der Waals surface area (Å²) in [6, 6.07) is 19.6. The molecule has 1 aliphatic heterocycles. The molecule has 0 N–H and O–H groups in total. The average molecular weight is 435 g/mol. The second-order valence-corrected chi connectivity index (χ2v) is 9.01. The molecule has 4 rings (SSSR count). The van der Waals surface area contributed by atoms with Crippen molar-refractivity contribution in [2.24, 2.45) is 0 Å². The monoisotopic (exact) mass is 434 g/mol. The molecule has 0 atom stereocenters. The van der Waals surface area contributed by atoms with E-state index in [2.05, 4.69) is 4.90 Å². The highest BCUT2D eigenvalue weighted by molar-refractivity contribution is 7.89. The molecule has 0 spiro atoms. The standard InChI is InChI=1S/C22H23FN2O2S.ClH/c23-20-10-8-18(9-11-20)12-13-24-14-16-25(17-15-24)28(26,27)22-7-3-5-19-4-1-2-6-21(19)22;/h1-11H,12-17H2;1H. The largest absolute Gasteiger partial charge is 0.300 e. The molecule has 0 saturated carbocycles. The Labute approximate surface area is 177 Å². The van der Waals surface area contributed by atoms with Crippen molar-refractivity contribution in [2.75, 3.05) is 32.7 Å². The van der Waals surface area contributed by atoms with Crippen LogP contribution in [-0.4, -0.2) is 50.3 Å². The molecule has 29 heavy (non-hydrogen) atoms. The van der Waals surface area contributed by atoms with Gasteiger partial charge in [-0.15, -0.1) is 12.4 Å². The molecule has 1 aliphatic rings. The zero-order chi connectivity index (χ0) is 19.6. The van der Waals surface area contributed by atoms with Crippen molar-refractivity contribution in [3.05, 3.63) is 78.1 Å². The molecule has 1 heterocycles. The summed E-state index contributed by atoms with van der Waals surface area (Å²) in [5.41, 5.74) is 1.09. The van der Waals surface area contributed by atoms with Crippen molar-refractivity contribution in [1.29, 1.82) is 0 Å². The van der Waals surface area contributed by atoms with Gasteiger partial charge in [-0.3, -0.25) is 0 Å². The lowest BCUT2D eigenvalue weighted by molar-refractivity contribution is 0.190. The zero-order valence-electron chi connectivity index (χ0n) is 16.0. The van der Waals surface area contributed by atoms with E-state index in [1.807, 2.05) is 30.3 Å². The van der Waals surface area contributed by atoms with Crippen LogP contribution >= 0.6 is 12.4 Å². The van der Waals surface area contributed by atoms with Crippen LogP contribution in [0.15, 0.2) is 71.6 Å². The molecule has 0 radical (unpaired) electrons. The highest BCUT2D eigenvalue weighted by Gasteiger charge is 2.29. The Morgan fingerprint density at radius 1 is 0.828 bits per heavy atom. The number of nitrogens with zero attached hydrogens (tertiary/aromatic N) is 2. The van der Waals surface area contributed by atoms with Crippen LogP contribution in [0.4, 0.5) is 4.39 Å². The van der Waals surface area contributed by atoms with Crippen molar-refractivity contribution in [3.8, 4) is 0 Å². The molecule has 3 aromatic carbocycles. The van der Waals surface area contributed by atoms with E-state index < -0.39 is 10.0 Å². The normalized spacial score (nSPS) is 15.9. The summed E-state index contributed by atoms with van der Waals surface area (Å²) in [6.45, 7) is 3.20. The minimum Gasteiger partial charge on any atom is -0.300 e. The van der Waals surface area contributed by atoms with E-state index in [0.29, 0.717) is 31.1 Å². The smallest absolute Gasteiger partial charge is 0.243 e. The van der Waals surface area contributed by atoms with Gasteiger partial charge in [0.15, 0.2) is 0 Å². The molecule has 1 fully saturated rings. The van der Waals surface area contributed by atoms with Crippen molar-refractivity contribution < 1.29 is 12.8 Å². The van der Waals surface area contributed by atoms with Gasteiger partial charge in [0, 0.05) is 38.1 Å². The molecule has 0 aromatic heterocycles. The number of rotatable bonds is 5. The summed E-state index contributed by atoms with van der Waals surface area (Å²) >= 11 is 0. The Balaban J connectivity index is 0.00000240. The second-order valence-electron chi connectivity index (χ2n) is 7.10. The second kappa shape index (κ2) is 9.22. The van der Waals surface area contributed by atoms with Gasteiger partial charge >= 0.3 is 0 Å². The van der Waals surface area contributed by atoms with Crippen LogP contribution in [0.5, 0.6) is 0 Å². The summed E-state index contributed by atoms with van der Waals surface area (Å²) in [7, 11) is -3.52. The van der Waals surface area contributed by atoms with Crippen LogP contribution in [0.2, 0.25) is 0 Å². The van der Waals surface area contributed by atoms with Gasteiger partial charge in [-0.2, -0.15) is 4.31 Å². The van der Waals surface area contributed by atoms with E-state index in [4.69, 9.17) is 0 Å². The van der Waals surface area contributed by atoms with Crippen LogP contribution in [0, 0.1) is 5.82 Å². The lowest BCUT2D eigenvalue weighted by Crippen LogP contribution is -2.49. The number of sulfonamides is 1. The number of piperazine rings is 1. The van der Waals surface area contributed by atoms with Crippen molar-refractivity contribution >= 4 is 33.2 Å². The first-order valence-corrected chi connectivity index (χ1v) is 10.9. The lowest BCUT2D eigenvalue weighted by Gasteiger charge is -2.34. The summed E-state index contributed by atoms with van der Waals surface area (Å²) in [4.78, 5) is 2.64. The van der Waals surface area contributed by atoms with E-state index >= 15 is 0 Å². The maximum absolute atomic E-state index is 13.2. The van der Waals surface area contributed by atoms with Crippen molar-refractivity contribution in [2.45, 2.75) is 11.3 Å². The molecule has 4 nitrogen and oxygen atoms in total. The number of hydrogen-bond acceptors (Lipinski definition) is 3. The van der Waals surface area contributed by atoms with Gasteiger partial charge in [-0.1, -0.05) is 48.5 Å². The first-order valence-electron chi connectivity index (χ1n) is 9.49. The number of halogens is 2. The van der Waals surface area contributed by atoms with Gasteiger partial charge in [0.2, 0.25) is 10.0 Å². The first kappa shape index (κ1) is 21.7. The Kier molecular flexibility index (Phi) is 6.90. The predicted molar refractivity (Wildman–Crippen MR) is 116 cm³/mol. The maximum Gasteiger partial charge on any atom is 0.243 e. The van der Waals surface area contributed by atoms with E-state index in [-0.39, 0.29) is 18.2 Å². The summed E-state index contributed by atoms with van der Waals surface area (Å²) in [5.74, 6) is -0.226. The Bertz CT molecular complexity index is 1060. The number of hydrogen-bond donors (Lipinski definition) is 0. The van der Waals surface area contributed by atoms with Gasteiger partial charge in [-0.25, -0.2) is 12.8 Å². The fourth-order valence-electron chi connectivity index (χ4n) is 3.69. The Morgan fingerprint density at radius 2 is 1.48 bits per heavy atom. The first-order chi connectivity index (χ1) is 13.5. The Morgan fingerprint density at radius 3 is 2.21 bits per heavy atom. The SMILES string of the molecule is Cl.O=S(=O)(c1cccc2ccccc12)N1CCN(CCc2ccc(F)cc2)CC1. The molecule has 0 unspecified atom stereocenters. The van der Waals surface area contributed by atoms with E-state index in [1.54, 1.807) is 28.6 Å². The van der Waals surface area contributed by atoms with Gasteiger partial charge in [0.05, 0.1) is 4.90 Å². The summed E-state index contributed by atoms with van der Waals surface area (Å²) in [5, 5.41) is 1.70. The molecule has 7 heteroatoms. The quantitative estimate of drug-likeness (QED) is 0.610. The Hall–Kier alpha value is -1.99. The third-order valence-electron chi connectivity index (χ3n) is 5.33. The lowest BCUT2D eigenvalue weighted by atomic mass is 10.1. The zero-order valence-corrected chi connectivity index (χ0v) is 17.6. The van der Waals surface area contributed by atoms with Crippen LogP contribution in [0.25, 0.3) is 10.8 Å². The molecule has 0 amide bonds. The van der Waals surface area contributed by atoms with Gasteiger partial charge in [0.1, 0.15) is 5.82 Å². The number of benzene rings is 3. The third-order valence-corrected chi connectivity index (χ3v) is 7.29. The summed E-state index contributed by atoms with van der Waals surface area (Å²) < 4.78 is 41.0. The van der Waals surface area contributed by atoms with Crippen LogP contribution < -0.4 is 0 Å². The molecule has 0 aliphatic carbocycles. The van der Waals surface area contributed by atoms with E-state index in [1.165, 1.54) is 12.1 Å². The molecular formula is C22H24ClFN2O2S. The number of fused-ring (bicyclic) bond motifs is 1. The fraction of sp³-hybridized carbons (Fsp3) is 0.273. The minimum atomic E-state index is -3.52. The van der Waals surface area contributed by atoms with Gasteiger partial charge < -0.3 is 4.90 Å². The van der Waals surface area contributed by atoms with Crippen molar-refractivity contribution in [1.82, 2.24) is 9.21 Å². The molecule has 154 valence electrons. The average Bonchev–Trinajstić information content (AvgIpc) is 2.73. The molecule has 3 aromatic rings. The van der Waals surface area contributed by atoms with Crippen LogP contribution in [0.3, 0.4) is 0 Å². The van der Waals surface area contributed by atoms with Crippen molar-refractivity contribution in [3.63, 3.8) is 0 Å². The topological polar surface area (TPSA) is 40.6 Å². The molecule has 0 bridgehead atoms. The van der Waals surface area contributed by atoms with E-state index in [9.17, 15) is 12.8 Å². The van der Waals surface area contributed by atoms with Crippen LogP contribution in [0.1, 0.15) is 5.56 Å². The predicted octanol–water partition coefficient (Wildman–Crippen LogP) is 3.95. The highest BCUT2D eigenvalue weighted by atomic mass is 35.5. The van der Waals surface area contributed by atoms with E-state index in [0.717, 1.165) is 29.3 Å². The molecular weight excluding hydrogens is 411 g/mol. The van der Waals surface area contributed by atoms with Crippen LogP contribution in [-0.2, 0) is 16.4 Å². The molecule has 1 saturated heterocycles. The fourth-order valence-corrected chi connectivity index (χ4v) is 5.33. The summed E-state index contributed by atoms with van der Waals surface area (Å²) in [6.07, 6.45) is 0.830. The third kappa shape index (κ3) is 4.78. The highest BCUT2D eigenvalue weighted by Crippen LogP contribution is 2.26. The maximum atomic E-state index is 13.2.